The van der Waals surface area contributed by atoms with Crippen molar-refractivity contribution in [2.24, 2.45) is 23.7 Å². The van der Waals surface area contributed by atoms with Crippen LogP contribution in [0.5, 0.6) is 0 Å². The van der Waals surface area contributed by atoms with Gasteiger partial charge < -0.3 is 14.7 Å². The molecule has 1 saturated carbocycles. The maximum atomic E-state index is 12.0. The van der Waals surface area contributed by atoms with Crippen LogP contribution in [0, 0.1) is 23.7 Å². The third-order valence-corrected chi connectivity index (χ3v) is 3.80. The highest BCUT2D eigenvalue weighted by atomic mass is 16.5. The molecule has 2 bridgehead atoms. The molecule has 0 unspecified atom stereocenters. The lowest BCUT2D eigenvalue weighted by atomic mass is 9.83. The highest BCUT2D eigenvalue weighted by molar-refractivity contribution is 5.83. The van der Waals surface area contributed by atoms with E-state index in [0.717, 1.165) is 6.42 Å². The molecule has 0 heterocycles. The van der Waals surface area contributed by atoms with Crippen molar-refractivity contribution in [3.8, 4) is 0 Å². The number of carboxylic acid groups (broad SMARTS) is 1. The summed E-state index contributed by atoms with van der Waals surface area (Å²) in [6, 6.07) is 0. The zero-order chi connectivity index (χ0) is 13.3. The number of carbonyl (C=O) groups is 2. The third-order valence-electron chi connectivity index (χ3n) is 3.80. The van der Waals surface area contributed by atoms with Crippen LogP contribution in [0.2, 0.25) is 0 Å². The molecule has 0 spiro atoms. The fraction of sp³-hybridized carbons (Fsp3) is 0.692. The summed E-state index contributed by atoms with van der Waals surface area (Å²) in [6.45, 7) is 0.968. The number of likely N-dealkylation sites (N-methyl/N-ethyl adjacent to an activating group) is 1. The molecule has 0 saturated heterocycles. The van der Waals surface area contributed by atoms with E-state index in [9.17, 15) is 14.7 Å². The van der Waals surface area contributed by atoms with Crippen LogP contribution in [-0.2, 0) is 14.3 Å². The number of rotatable bonds is 5. The molecule has 2 aliphatic rings. The molecule has 0 aromatic rings. The van der Waals surface area contributed by atoms with Crippen molar-refractivity contribution < 1.29 is 19.4 Å². The van der Waals surface area contributed by atoms with Crippen molar-refractivity contribution in [3.05, 3.63) is 12.2 Å². The summed E-state index contributed by atoms with van der Waals surface area (Å²) < 4.78 is 5.19. The average molecular weight is 253 g/mol. The van der Waals surface area contributed by atoms with Crippen LogP contribution in [0.3, 0.4) is 0 Å². The van der Waals surface area contributed by atoms with Gasteiger partial charge >= 0.3 is 11.9 Å². The number of carboxylic acids is 1. The summed E-state index contributed by atoms with van der Waals surface area (Å²) in [4.78, 5) is 25.2. The molecule has 1 fully saturated rings. The van der Waals surface area contributed by atoms with Gasteiger partial charge in [-0.3, -0.25) is 9.59 Å². The van der Waals surface area contributed by atoms with Crippen molar-refractivity contribution in [1.82, 2.24) is 4.90 Å². The van der Waals surface area contributed by atoms with Crippen molar-refractivity contribution in [1.29, 1.82) is 0 Å². The van der Waals surface area contributed by atoms with Crippen LogP contribution < -0.4 is 0 Å². The van der Waals surface area contributed by atoms with Gasteiger partial charge in [0.1, 0.15) is 6.61 Å². The first-order valence-corrected chi connectivity index (χ1v) is 6.23. The van der Waals surface area contributed by atoms with Gasteiger partial charge in [-0.05, 0) is 32.4 Å². The fourth-order valence-corrected chi connectivity index (χ4v) is 2.91. The molecular formula is C13H19NO4. The minimum atomic E-state index is -0.888. The number of aliphatic carboxylic acids is 1. The van der Waals surface area contributed by atoms with Crippen LogP contribution in [-0.4, -0.2) is 49.2 Å². The Morgan fingerprint density at radius 1 is 1.28 bits per heavy atom. The first-order chi connectivity index (χ1) is 8.50. The number of esters is 1. The lowest BCUT2D eigenvalue weighted by Crippen LogP contribution is -2.35. The highest BCUT2D eigenvalue weighted by Gasteiger charge is 2.52. The lowest BCUT2D eigenvalue weighted by Gasteiger charge is -2.23. The summed E-state index contributed by atoms with van der Waals surface area (Å²) in [5.74, 6) is -2.31. The molecule has 0 aromatic heterocycles. The van der Waals surface area contributed by atoms with Gasteiger partial charge in [0.05, 0.1) is 11.8 Å². The normalized spacial score (nSPS) is 33.1. The first-order valence-electron chi connectivity index (χ1n) is 6.23. The number of fused-ring (bicyclic) bond motifs is 2. The van der Waals surface area contributed by atoms with Gasteiger partial charge in [0.15, 0.2) is 0 Å². The average Bonchev–Trinajstić information content (AvgIpc) is 2.87. The number of hydrogen-bond acceptors (Lipinski definition) is 4. The van der Waals surface area contributed by atoms with Gasteiger partial charge in [0, 0.05) is 6.54 Å². The molecule has 5 nitrogen and oxygen atoms in total. The predicted molar refractivity (Wildman–Crippen MR) is 64.9 cm³/mol. The van der Waals surface area contributed by atoms with Crippen LogP contribution >= 0.6 is 0 Å². The zero-order valence-corrected chi connectivity index (χ0v) is 10.7. The van der Waals surface area contributed by atoms with Crippen LogP contribution in [0.25, 0.3) is 0 Å². The smallest absolute Gasteiger partial charge is 0.310 e. The minimum Gasteiger partial charge on any atom is -0.481 e. The molecule has 18 heavy (non-hydrogen) atoms. The van der Waals surface area contributed by atoms with Crippen molar-refractivity contribution in [2.75, 3.05) is 27.2 Å². The van der Waals surface area contributed by atoms with Gasteiger partial charge in [0.2, 0.25) is 0 Å². The molecule has 1 N–H and O–H groups in total. The predicted octanol–water partition coefficient (Wildman–Crippen LogP) is 0.614. The Morgan fingerprint density at radius 3 is 2.44 bits per heavy atom. The number of hydrogen-bond donors (Lipinski definition) is 1. The Bertz CT molecular complexity index is 377. The van der Waals surface area contributed by atoms with E-state index in [4.69, 9.17) is 4.74 Å². The summed E-state index contributed by atoms with van der Waals surface area (Å²) >= 11 is 0. The van der Waals surface area contributed by atoms with E-state index in [2.05, 4.69) is 0 Å². The standard InChI is InChI=1S/C13H19NO4/c1-14(2)5-6-18-13(17)11-9-4-3-8(7-9)10(11)12(15)16/h3-4,8-11H,5-7H2,1-2H3,(H,15,16)/t8-,9-,10-,11-/m0/s1. The van der Waals surface area contributed by atoms with E-state index in [1.54, 1.807) is 0 Å². The van der Waals surface area contributed by atoms with E-state index in [1.165, 1.54) is 0 Å². The third kappa shape index (κ3) is 2.41. The van der Waals surface area contributed by atoms with Crippen LogP contribution in [0.1, 0.15) is 6.42 Å². The summed E-state index contributed by atoms with van der Waals surface area (Å²) in [5, 5.41) is 9.22. The number of carbonyl (C=O) groups excluding carboxylic acids is 1. The molecule has 2 aliphatic carbocycles. The minimum absolute atomic E-state index is 0.00102. The largest absolute Gasteiger partial charge is 0.481 e. The Kier molecular flexibility index (Phi) is 3.71. The van der Waals surface area contributed by atoms with Crippen molar-refractivity contribution >= 4 is 11.9 Å². The Hall–Kier alpha value is -1.36. The first kappa shape index (κ1) is 13.1. The van der Waals surface area contributed by atoms with Gasteiger partial charge in [-0.1, -0.05) is 12.2 Å². The van der Waals surface area contributed by atoms with Crippen molar-refractivity contribution in [2.45, 2.75) is 6.42 Å². The van der Waals surface area contributed by atoms with E-state index < -0.39 is 17.8 Å². The Labute approximate surface area is 106 Å². The molecule has 0 aromatic carbocycles. The quantitative estimate of drug-likeness (QED) is 0.574. The maximum Gasteiger partial charge on any atom is 0.310 e. The monoisotopic (exact) mass is 253 g/mol. The molecule has 100 valence electrons. The molecule has 0 radical (unpaired) electrons. The fourth-order valence-electron chi connectivity index (χ4n) is 2.91. The van der Waals surface area contributed by atoms with Gasteiger partial charge in [-0.15, -0.1) is 0 Å². The second kappa shape index (κ2) is 5.10. The molecular weight excluding hydrogens is 234 g/mol. The van der Waals surface area contributed by atoms with Crippen LogP contribution in [0.15, 0.2) is 12.2 Å². The van der Waals surface area contributed by atoms with E-state index in [-0.39, 0.29) is 17.8 Å². The number of allylic oxidation sites excluding steroid dienone is 2. The molecule has 5 heteroatoms. The van der Waals surface area contributed by atoms with E-state index in [0.29, 0.717) is 13.2 Å². The van der Waals surface area contributed by atoms with Gasteiger partial charge in [0.25, 0.3) is 0 Å². The van der Waals surface area contributed by atoms with E-state index in [1.807, 2.05) is 31.1 Å². The topological polar surface area (TPSA) is 66.8 Å². The van der Waals surface area contributed by atoms with Gasteiger partial charge in [-0.2, -0.15) is 0 Å². The molecule has 0 amide bonds. The maximum absolute atomic E-state index is 12.0. The summed E-state index contributed by atoms with van der Waals surface area (Å²) in [7, 11) is 3.79. The second-order valence-corrected chi connectivity index (χ2v) is 5.31. The van der Waals surface area contributed by atoms with Crippen LogP contribution in [0.4, 0.5) is 0 Å². The Balaban J connectivity index is 1.96. The number of nitrogens with zero attached hydrogens (tertiary/aromatic N) is 1. The number of ether oxygens (including phenoxy) is 1. The second-order valence-electron chi connectivity index (χ2n) is 5.31. The van der Waals surface area contributed by atoms with Crippen molar-refractivity contribution in [3.63, 3.8) is 0 Å². The Morgan fingerprint density at radius 2 is 1.89 bits per heavy atom. The highest BCUT2D eigenvalue weighted by Crippen LogP contribution is 2.48. The van der Waals surface area contributed by atoms with E-state index >= 15 is 0 Å². The summed E-state index contributed by atoms with van der Waals surface area (Å²) in [6.07, 6.45) is 4.65. The molecule has 2 rings (SSSR count). The SMILES string of the molecule is CN(C)CCOC(=O)[C@@H]1[C@@H](C(=O)O)[C@H]2C=C[C@H]1C2. The zero-order valence-electron chi connectivity index (χ0n) is 10.7. The molecule has 0 aliphatic heterocycles. The molecule has 4 atom stereocenters. The lowest BCUT2D eigenvalue weighted by molar-refractivity contribution is -0.158. The summed E-state index contributed by atoms with van der Waals surface area (Å²) in [5.41, 5.74) is 0. The van der Waals surface area contributed by atoms with Gasteiger partial charge in [-0.25, -0.2) is 0 Å².